The second kappa shape index (κ2) is 4.63. The van der Waals surface area contributed by atoms with Crippen LogP contribution in [0.25, 0.3) is 0 Å². The summed E-state index contributed by atoms with van der Waals surface area (Å²) in [5.74, 6) is 0. The second-order valence-corrected chi connectivity index (χ2v) is 4.18. The molecular weight excluding hydrogens is 150 g/mol. The fraction of sp³-hybridized carbons (Fsp3) is 0.800. The average molecular weight is 171 g/mol. The fourth-order valence-corrected chi connectivity index (χ4v) is 1.02. The third-order valence-corrected chi connectivity index (χ3v) is 1.39. The van der Waals surface area contributed by atoms with Gasteiger partial charge in [-0.05, 0) is 20.8 Å². The molecule has 0 radical (unpaired) electrons. The van der Waals surface area contributed by atoms with Gasteiger partial charge in [-0.15, -0.1) is 0 Å². The van der Waals surface area contributed by atoms with Crippen LogP contribution >= 0.6 is 0 Å². The smallest absolute Gasteiger partial charge is 0.0774 e. The third kappa shape index (κ3) is 7.76. The predicted molar refractivity (Wildman–Crippen MR) is 53.2 cm³/mol. The highest BCUT2D eigenvalue weighted by atomic mass is 16.3. The quantitative estimate of drug-likeness (QED) is 0.631. The molecule has 0 aliphatic heterocycles. The van der Waals surface area contributed by atoms with Gasteiger partial charge >= 0.3 is 0 Å². The standard InChI is InChI=1S/C10H21NO/c1-8(2)11-7-9(3)6-10(4,5)12/h6,8,11-12H,7H2,1-5H3/b9-6-. The first-order valence-electron chi connectivity index (χ1n) is 4.45. The van der Waals surface area contributed by atoms with Gasteiger partial charge in [-0.3, -0.25) is 0 Å². The Bertz CT molecular complexity index is 154. The van der Waals surface area contributed by atoms with E-state index in [0.29, 0.717) is 6.04 Å². The lowest BCUT2D eigenvalue weighted by Crippen LogP contribution is -2.25. The van der Waals surface area contributed by atoms with Gasteiger partial charge in [0.15, 0.2) is 0 Å². The maximum Gasteiger partial charge on any atom is 0.0774 e. The highest BCUT2D eigenvalue weighted by molar-refractivity contribution is 5.07. The van der Waals surface area contributed by atoms with E-state index in [2.05, 4.69) is 19.2 Å². The summed E-state index contributed by atoms with van der Waals surface area (Å²) in [4.78, 5) is 0. The fourth-order valence-electron chi connectivity index (χ4n) is 1.02. The zero-order valence-corrected chi connectivity index (χ0v) is 8.81. The topological polar surface area (TPSA) is 32.3 Å². The van der Waals surface area contributed by atoms with Crippen molar-refractivity contribution in [2.45, 2.75) is 46.3 Å². The molecule has 2 nitrogen and oxygen atoms in total. The van der Waals surface area contributed by atoms with Gasteiger partial charge in [-0.2, -0.15) is 0 Å². The van der Waals surface area contributed by atoms with Crippen molar-refractivity contribution >= 4 is 0 Å². The Morgan fingerprint density at radius 2 is 2.00 bits per heavy atom. The minimum Gasteiger partial charge on any atom is -0.386 e. The van der Waals surface area contributed by atoms with Crippen LogP contribution in [0.2, 0.25) is 0 Å². The van der Waals surface area contributed by atoms with Crippen LogP contribution in [0.1, 0.15) is 34.6 Å². The predicted octanol–water partition coefficient (Wildman–Crippen LogP) is 1.70. The molecule has 0 atom stereocenters. The first-order chi connectivity index (χ1) is 5.31. The summed E-state index contributed by atoms with van der Waals surface area (Å²) in [5.41, 5.74) is 0.485. The SMILES string of the molecule is C/C(=C/C(C)(C)O)CNC(C)C. The molecular formula is C10H21NO. The molecule has 0 rings (SSSR count). The van der Waals surface area contributed by atoms with E-state index in [1.54, 1.807) is 13.8 Å². The molecule has 0 aliphatic rings. The summed E-state index contributed by atoms with van der Waals surface area (Å²) in [6.07, 6.45) is 1.88. The molecule has 0 saturated carbocycles. The van der Waals surface area contributed by atoms with Crippen molar-refractivity contribution < 1.29 is 5.11 Å². The largest absolute Gasteiger partial charge is 0.386 e. The number of aliphatic hydroxyl groups is 1. The van der Waals surface area contributed by atoms with Crippen LogP contribution in [-0.2, 0) is 0 Å². The zero-order chi connectivity index (χ0) is 9.78. The maximum absolute atomic E-state index is 9.45. The molecule has 0 aromatic carbocycles. The van der Waals surface area contributed by atoms with Crippen LogP contribution in [0.5, 0.6) is 0 Å². The van der Waals surface area contributed by atoms with E-state index in [9.17, 15) is 5.11 Å². The van der Waals surface area contributed by atoms with Gasteiger partial charge in [0.1, 0.15) is 0 Å². The molecule has 0 bridgehead atoms. The van der Waals surface area contributed by atoms with Crippen LogP contribution in [-0.4, -0.2) is 23.3 Å². The molecule has 0 spiro atoms. The van der Waals surface area contributed by atoms with Crippen molar-refractivity contribution in [1.82, 2.24) is 5.32 Å². The summed E-state index contributed by atoms with van der Waals surface area (Å²) in [6.45, 7) is 10.7. The molecule has 0 heterocycles. The number of rotatable bonds is 4. The Morgan fingerprint density at radius 3 is 2.33 bits per heavy atom. The van der Waals surface area contributed by atoms with Crippen LogP contribution < -0.4 is 5.32 Å². The van der Waals surface area contributed by atoms with Crippen molar-refractivity contribution in [1.29, 1.82) is 0 Å². The van der Waals surface area contributed by atoms with Gasteiger partial charge in [0.25, 0.3) is 0 Å². The molecule has 0 saturated heterocycles. The van der Waals surface area contributed by atoms with E-state index in [0.717, 1.165) is 6.54 Å². The highest BCUT2D eigenvalue weighted by Crippen LogP contribution is 2.06. The first kappa shape index (κ1) is 11.7. The van der Waals surface area contributed by atoms with Gasteiger partial charge < -0.3 is 10.4 Å². The van der Waals surface area contributed by atoms with E-state index in [1.165, 1.54) is 5.57 Å². The van der Waals surface area contributed by atoms with Crippen molar-refractivity contribution in [2.24, 2.45) is 0 Å². The first-order valence-corrected chi connectivity index (χ1v) is 4.45. The number of hydrogen-bond donors (Lipinski definition) is 2. The normalized spacial score (nSPS) is 14.1. The Morgan fingerprint density at radius 1 is 1.50 bits per heavy atom. The summed E-state index contributed by atoms with van der Waals surface area (Å²) < 4.78 is 0. The Labute approximate surface area is 75.7 Å². The van der Waals surface area contributed by atoms with Crippen LogP contribution in [0.3, 0.4) is 0 Å². The summed E-state index contributed by atoms with van der Waals surface area (Å²) in [6, 6.07) is 0.496. The number of nitrogens with one attached hydrogen (secondary N) is 1. The van der Waals surface area contributed by atoms with Crippen molar-refractivity contribution in [3.05, 3.63) is 11.6 Å². The molecule has 0 unspecified atom stereocenters. The molecule has 72 valence electrons. The molecule has 2 heteroatoms. The Kier molecular flexibility index (Phi) is 4.50. The molecule has 12 heavy (non-hydrogen) atoms. The minimum absolute atomic E-state index is 0.496. The lowest BCUT2D eigenvalue weighted by Gasteiger charge is -2.14. The molecule has 0 aromatic heterocycles. The van der Waals surface area contributed by atoms with E-state index in [4.69, 9.17) is 0 Å². The summed E-state index contributed by atoms with van der Waals surface area (Å²) in [5, 5.41) is 12.7. The van der Waals surface area contributed by atoms with Gasteiger partial charge in [-0.25, -0.2) is 0 Å². The van der Waals surface area contributed by atoms with E-state index >= 15 is 0 Å². The Hall–Kier alpha value is -0.340. The van der Waals surface area contributed by atoms with Crippen molar-refractivity contribution in [3.8, 4) is 0 Å². The average Bonchev–Trinajstić information content (AvgIpc) is 1.79. The summed E-state index contributed by atoms with van der Waals surface area (Å²) >= 11 is 0. The monoisotopic (exact) mass is 171 g/mol. The van der Waals surface area contributed by atoms with Crippen LogP contribution in [0.15, 0.2) is 11.6 Å². The zero-order valence-electron chi connectivity index (χ0n) is 8.81. The molecule has 0 aliphatic carbocycles. The van der Waals surface area contributed by atoms with Crippen LogP contribution in [0, 0.1) is 0 Å². The van der Waals surface area contributed by atoms with Crippen LogP contribution in [0.4, 0.5) is 0 Å². The van der Waals surface area contributed by atoms with Crippen molar-refractivity contribution in [2.75, 3.05) is 6.54 Å². The minimum atomic E-state index is -0.692. The Balaban J connectivity index is 3.87. The number of hydrogen-bond acceptors (Lipinski definition) is 2. The molecule has 0 fully saturated rings. The second-order valence-electron chi connectivity index (χ2n) is 4.18. The molecule has 0 amide bonds. The van der Waals surface area contributed by atoms with E-state index < -0.39 is 5.60 Å². The van der Waals surface area contributed by atoms with E-state index in [-0.39, 0.29) is 0 Å². The van der Waals surface area contributed by atoms with Crippen molar-refractivity contribution in [3.63, 3.8) is 0 Å². The highest BCUT2D eigenvalue weighted by Gasteiger charge is 2.07. The molecule has 2 N–H and O–H groups in total. The lowest BCUT2D eigenvalue weighted by atomic mass is 10.1. The maximum atomic E-state index is 9.45. The van der Waals surface area contributed by atoms with Gasteiger partial charge in [0, 0.05) is 12.6 Å². The molecule has 0 aromatic rings. The van der Waals surface area contributed by atoms with Gasteiger partial charge in [-0.1, -0.05) is 25.5 Å². The lowest BCUT2D eigenvalue weighted by molar-refractivity contribution is 0.132. The van der Waals surface area contributed by atoms with Gasteiger partial charge in [0.2, 0.25) is 0 Å². The van der Waals surface area contributed by atoms with E-state index in [1.807, 2.05) is 13.0 Å². The van der Waals surface area contributed by atoms with Gasteiger partial charge in [0.05, 0.1) is 5.60 Å². The summed E-state index contributed by atoms with van der Waals surface area (Å²) in [7, 11) is 0. The third-order valence-electron chi connectivity index (χ3n) is 1.39.